The molecular formula is C45H35NS. The largest absolute Gasteiger partial charge is 0.310 e. The van der Waals surface area contributed by atoms with Gasteiger partial charge in [-0.25, -0.2) is 0 Å². The molecule has 9 rings (SSSR count). The van der Waals surface area contributed by atoms with Crippen LogP contribution in [0.15, 0.2) is 140 Å². The molecule has 0 bridgehead atoms. The number of nitrogens with zero attached hydrogens (tertiary/aromatic N) is 1. The molecule has 226 valence electrons. The molecule has 0 N–H and O–H groups in total. The van der Waals surface area contributed by atoms with Crippen LogP contribution < -0.4 is 4.90 Å². The first-order valence-corrected chi connectivity index (χ1v) is 17.2. The molecule has 0 fully saturated rings. The topological polar surface area (TPSA) is 3.24 Å². The van der Waals surface area contributed by atoms with Crippen molar-refractivity contribution in [1.29, 1.82) is 0 Å². The van der Waals surface area contributed by atoms with E-state index in [4.69, 9.17) is 0 Å². The highest BCUT2D eigenvalue weighted by Gasteiger charge is 2.36. The monoisotopic (exact) mass is 621 g/mol. The predicted octanol–water partition coefficient (Wildman–Crippen LogP) is 13.3. The molecule has 0 amide bonds. The van der Waals surface area contributed by atoms with Crippen molar-refractivity contribution in [2.45, 2.75) is 33.1 Å². The number of aryl methyl sites for hydroxylation is 2. The number of benzene rings is 7. The van der Waals surface area contributed by atoms with E-state index in [1.54, 1.807) is 0 Å². The van der Waals surface area contributed by atoms with Crippen molar-refractivity contribution in [3.05, 3.63) is 162 Å². The fourth-order valence-corrected chi connectivity index (χ4v) is 9.08. The van der Waals surface area contributed by atoms with Crippen LogP contribution >= 0.6 is 11.3 Å². The van der Waals surface area contributed by atoms with E-state index < -0.39 is 0 Å². The van der Waals surface area contributed by atoms with Gasteiger partial charge in [-0.05, 0) is 118 Å². The fourth-order valence-electron chi connectivity index (χ4n) is 7.94. The summed E-state index contributed by atoms with van der Waals surface area (Å²) < 4.78 is 2.64. The molecule has 0 saturated heterocycles. The summed E-state index contributed by atoms with van der Waals surface area (Å²) >= 11 is 1.88. The number of anilines is 3. The highest BCUT2D eigenvalue weighted by Crippen LogP contribution is 2.51. The fraction of sp³-hybridized carbons (Fsp3) is 0.111. The Hall–Kier alpha value is -5.18. The number of hydrogen-bond donors (Lipinski definition) is 0. The van der Waals surface area contributed by atoms with Crippen LogP contribution in [0.5, 0.6) is 0 Å². The van der Waals surface area contributed by atoms with Crippen molar-refractivity contribution in [2.24, 2.45) is 0 Å². The average Bonchev–Trinajstić information content (AvgIpc) is 3.57. The zero-order valence-electron chi connectivity index (χ0n) is 27.1. The third-order valence-electron chi connectivity index (χ3n) is 10.2. The maximum Gasteiger partial charge on any atom is 0.0520 e. The Bertz CT molecular complexity index is 2510. The highest BCUT2D eigenvalue weighted by molar-refractivity contribution is 7.25. The van der Waals surface area contributed by atoms with Crippen LogP contribution in [0.4, 0.5) is 17.1 Å². The predicted molar refractivity (Wildman–Crippen MR) is 204 cm³/mol. The quantitative estimate of drug-likeness (QED) is 0.189. The Labute approximate surface area is 280 Å². The van der Waals surface area contributed by atoms with E-state index in [2.05, 4.69) is 172 Å². The Morgan fingerprint density at radius 3 is 2.00 bits per heavy atom. The van der Waals surface area contributed by atoms with Gasteiger partial charge in [0.2, 0.25) is 0 Å². The second-order valence-electron chi connectivity index (χ2n) is 13.5. The number of fused-ring (bicyclic) bond motifs is 7. The summed E-state index contributed by atoms with van der Waals surface area (Å²) in [7, 11) is 0. The summed E-state index contributed by atoms with van der Waals surface area (Å²) in [6.45, 7) is 9.27. The van der Waals surface area contributed by atoms with Gasteiger partial charge < -0.3 is 4.90 Å². The standard InChI is InChI=1S/C45H35NS/c1-28-23-33(32-18-17-30-11-5-6-12-31(30)25-32)24-29(2)44(28)46(35-20-22-39-38-14-8-10-16-42(38)47-43(39)27-35)34-19-21-37-36-13-7-9-15-40(36)45(3,4)41(37)26-34/h5-27H,1-4H3. The Balaban J connectivity index is 1.24. The smallest absolute Gasteiger partial charge is 0.0520 e. The van der Waals surface area contributed by atoms with Gasteiger partial charge in [0.15, 0.2) is 0 Å². The first-order valence-electron chi connectivity index (χ1n) is 16.4. The molecule has 8 aromatic rings. The SMILES string of the molecule is Cc1cc(-c2ccc3ccccc3c2)cc(C)c1N(c1ccc2c(c1)C(C)(C)c1ccccc1-2)c1ccc2c(c1)sc1ccccc12. The van der Waals surface area contributed by atoms with Gasteiger partial charge in [-0.15, -0.1) is 11.3 Å². The minimum Gasteiger partial charge on any atom is -0.310 e. The molecule has 1 heterocycles. The molecule has 1 aliphatic carbocycles. The maximum atomic E-state index is 2.50. The van der Waals surface area contributed by atoms with E-state index >= 15 is 0 Å². The number of rotatable bonds is 4. The van der Waals surface area contributed by atoms with Crippen LogP contribution in [0.3, 0.4) is 0 Å². The summed E-state index contributed by atoms with van der Waals surface area (Å²) in [4.78, 5) is 2.50. The lowest BCUT2D eigenvalue weighted by Gasteiger charge is -2.31. The van der Waals surface area contributed by atoms with Gasteiger partial charge in [0.05, 0.1) is 5.69 Å². The third-order valence-corrected chi connectivity index (χ3v) is 11.4. The zero-order valence-corrected chi connectivity index (χ0v) is 28.0. The van der Waals surface area contributed by atoms with Gasteiger partial charge in [0.25, 0.3) is 0 Å². The van der Waals surface area contributed by atoms with Gasteiger partial charge in [-0.2, -0.15) is 0 Å². The van der Waals surface area contributed by atoms with E-state index in [9.17, 15) is 0 Å². The molecule has 1 aromatic heterocycles. The molecule has 0 spiro atoms. The molecule has 2 heteroatoms. The van der Waals surface area contributed by atoms with Crippen LogP contribution in [-0.2, 0) is 5.41 Å². The molecule has 47 heavy (non-hydrogen) atoms. The van der Waals surface area contributed by atoms with Crippen molar-refractivity contribution < 1.29 is 0 Å². The summed E-state index contributed by atoms with van der Waals surface area (Å²) in [5.74, 6) is 0. The molecule has 1 aliphatic rings. The molecule has 0 saturated carbocycles. The third kappa shape index (κ3) is 4.36. The average molecular weight is 622 g/mol. The summed E-state index contributed by atoms with van der Waals surface area (Å²) in [5.41, 5.74) is 14.0. The first kappa shape index (κ1) is 28.1. The van der Waals surface area contributed by atoms with Crippen LogP contribution in [0.2, 0.25) is 0 Å². The van der Waals surface area contributed by atoms with Crippen LogP contribution in [0, 0.1) is 13.8 Å². The zero-order chi connectivity index (χ0) is 31.9. The minimum absolute atomic E-state index is 0.0763. The Kier molecular flexibility index (Phi) is 6.22. The van der Waals surface area contributed by atoms with Crippen molar-refractivity contribution in [1.82, 2.24) is 0 Å². The minimum atomic E-state index is -0.0763. The van der Waals surface area contributed by atoms with E-state index in [0.717, 1.165) is 0 Å². The second-order valence-corrected chi connectivity index (χ2v) is 14.6. The van der Waals surface area contributed by atoms with E-state index in [1.807, 2.05) is 11.3 Å². The Morgan fingerprint density at radius 1 is 0.489 bits per heavy atom. The lowest BCUT2D eigenvalue weighted by atomic mass is 9.82. The van der Waals surface area contributed by atoms with E-state index in [0.29, 0.717) is 0 Å². The normalized spacial score (nSPS) is 13.3. The van der Waals surface area contributed by atoms with E-state index in [-0.39, 0.29) is 5.41 Å². The van der Waals surface area contributed by atoms with Crippen molar-refractivity contribution in [3.63, 3.8) is 0 Å². The lowest BCUT2D eigenvalue weighted by Crippen LogP contribution is -2.17. The van der Waals surface area contributed by atoms with Crippen LogP contribution in [0.1, 0.15) is 36.1 Å². The van der Waals surface area contributed by atoms with Gasteiger partial charge in [-0.1, -0.05) is 105 Å². The second kappa shape index (κ2) is 10.4. The van der Waals surface area contributed by atoms with Crippen molar-refractivity contribution in [2.75, 3.05) is 4.90 Å². The number of hydrogen-bond acceptors (Lipinski definition) is 2. The highest BCUT2D eigenvalue weighted by atomic mass is 32.1. The van der Waals surface area contributed by atoms with Crippen LogP contribution in [0.25, 0.3) is 53.2 Å². The van der Waals surface area contributed by atoms with Gasteiger partial charge in [0.1, 0.15) is 0 Å². The number of thiophene rings is 1. The molecule has 0 radical (unpaired) electrons. The Morgan fingerprint density at radius 2 is 1.15 bits per heavy atom. The maximum absolute atomic E-state index is 2.50. The molecule has 0 unspecified atom stereocenters. The first-order chi connectivity index (χ1) is 22.9. The van der Waals surface area contributed by atoms with Gasteiger partial charge >= 0.3 is 0 Å². The molecule has 0 atom stereocenters. The van der Waals surface area contributed by atoms with Crippen LogP contribution in [-0.4, -0.2) is 0 Å². The van der Waals surface area contributed by atoms with Gasteiger partial charge in [-0.3, -0.25) is 0 Å². The molecule has 1 nitrogen and oxygen atoms in total. The molecule has 7 aromatic carbocycles. The molecule has 0 aliphatic heterocycles. The summed E-state index contributed by atoms with van der Waals surface area (Å²) in [6.07, 6.45) is 0. The summed E-state index contributed by atoms with van der Waals surface area (Å²) in [6, 6.07) is 51.9. The van der Waals surface area contributed by atoms with Gasteiger partial charge in [0, 0.05) is 37.0 Å². The lowest BCUT2D eigenvalue weighted by molar-refractivity contribution is 0.660. The summed E-state index contributed by atoms with van der Waals surface area (Å²) in [5, 5.41) is 5.19. The van der Waals surface area contributed by atoms with Crippen molar-refractivity contribution >= 4 is 59.3 Å². The van der Waals surface area contributed by atoms with E-state index in [1.165, 1.54) is 92.5 Å². The molecular weight excluding hydrogens is 587 g/mol. The van der Waals surface area contributed by atoms with Crippen molar-refractivity contribution in [3.8, 4) is 22.3 Å².